The number of hydrogen-bond donors (Lipinski definition) is 2. The fourth-order valence-electron chi connectivity index (χ4n) is 3.93. The molecule has 0 radical (unpaired) electrons. The van der Waals surface area contributed by atoms with Crippen LogP contribution < -0.4 is 15.4 Å². The van der Waals surface area contributed by atoms with E-state index < -0.39 is 0 Å². The van der Waals surface area contributed by atoms with Crippen molar-refractivity contribution < 1.29 is 4.74 Å². The third-order valence-corrected chi connectivity index (χ3v) is 6.20. The summed E-state index contributed by atoms with van der Waals surface area (Å²) in [5, 5.41) is 9.13. The molecule has 2 aromatic heterocycles. The van der Waals surface area contributed by atoms with Gasteiger partial charge in [-0.25, -0.2) is 9.98 Å². The predicted octanol–water partition coefficient (Wildman–Crippen LogP) is 3.68. The van der Waals surface area contributed by atoms with Gasteiger partial charge >= 0.3 is 0 Å². The molecule has 7 heteroatoms. The lowest BCUT2D eigenvalue weighted by Crippen LogP contribution is -2.44. The van der Waals surface area contributed by atoms with Crippen LogP contribution >= 0.6 is 11.3 Å². The molecule has 0 aromatic carbocycles. The van der Waals surface area contributed by atoms with Crippen LogP contribution in [0.2, 0.25) is 0 Å². The number of piperidine rings is 1. The van der Waals surface area contributed by atoms with Gasteiger partial charge in [0.1, 0.15) is 0 Å². The Morgan fingerprint density at radius 2 is 2.21 bits per heavy atom. The average Bonchev–Trinajstić information content (AvgIpc) is 3.25. The van der Waals surface area contributed by atoms with E-state index in [4.69, 9.17) is 9.73 Å². The number of pyridine rings is 1. The second kappa shape index (κ2) is 11.2. The summed E-state index contributed by atoms with van der Waals surface area (Å²) in [6, 6.07) is 8.84. The second-order valence-electron chi connectivity index (χ2n) is 7.32. The molecule has 3 rings (SSSR count). The SMILES string of the molecule is CCNC(=NCc1cccnc1OCC)NCC1CCCN(C)C1c1cccs1. The van der Waals surface area contributed by atoms with Crippen molar-refractivity contribution in [3.05, 3.63) is 46.3 Å². The summed E-state index contributed by atoms with van der Waals surface area (Å²) >= 11 is 1.86. The zero-order chi connectivity index (χ0) is 20.5. The lowest BCUT2D eigenvalue weighted by Gasteiger charge is -2.39. The molecule has 3 heterocycles. The minimum atomic E-state index is 0.474. The number of likely N-dealkylation sites (tertiary alicyclic amines) is 1. The Labute approximate surface area is 178 Å². The van der Waals surface area contributed by atoms with Crippen LogP contribution in [0.5, 0.6) is 5.88 Å². The van der Waals surface area contributed by atoms with E-state index in [0.717, 1.165) is 31.2 Å². The topological polar surface area (TPSA) is 61.8 Å². The van der Waals surface area contributed by atoms with E-state index in [1.807, 2.05) is 30.4 Å². The fourth-order valence-corrected chi connectivity index (χ4v) is 4.91. The van der Waals surface area contributed by atoms with Crippen LogP contribution in [0.4, 0.5) is 0 Å². The number of nitrogens with one attached hydrogen (secondary N) is 2. The molecule has 158 valence electrons. The van der Waals surface area contributed by atoms with Gasteiger partial charge in [0, 0.05) is 35.8 Å². The van der Waals surface area contributed by atoms with Gasteiger partial charge in [0.25, 0.3) is 0 Å². The molecule has 0 spiro atoms. The van der Waals surface area contributed by atoms with E-state index in [1.165, 1.54) is 17.7 Å². The van der Waals surface area contributed by atoms with Gasteiger partial charge in [0.15, 0.2) is 5.96 Å². The van der Waals surface area contributed by atoms with Crippen LogP contribution in [0, 0.1) is 5.92 Å². The molecule has 1 fully saturated rings. The number of guanidine groups is 1. The summed E-state index contributed by atoms with van der Waals surface area (Å²) in [6.07, 6.45) is 4.23. The summed E-state index contributed by atoms with van der Waals surface area (Å²) in [6.45, 7) is 8.10. The summed E-state index contributed by atoms with van der Waals surface area (Å²) < 4.78 is 5.63. The molecule has 1 aliphatic rings. The maximum atomic E-state index is 5.63. The number of thiophene rings is 1. The highest BCUT2D eigenvalue weighted by atomic mass is 32.1. The monoisotopic (exact) mass is 415 g/mol. The predicted molar refractivity (Wildman–Crippen MR) is 121 cm³/mol. The molecule has 1 aliphatic heterocycles. The van der Waals surface area contributed by atoms with Gasteiger partial charge in [-0.2, -0.15) is 0 Å². The van der Waals surface area contributed by atoms with E-state index in [9.17, 15) is 0 Å². The van der Waals surface area contributed by atoms with Crippen molar-refractivity contribution in [1.29, 1.82) is 0 Å². The highest BCUT2D eigenvalue weighted by Gasteiger charge is 2.31. The first-order chi connectivity index (χ1) is 14.2. The van der Waals surface area contributed by atoms with Gasteiger partial charge < -0.3 is 15.4 Å². The Hall–Kier alpha value is -2.12. The number of rotatable bonds is 8. The number of hydrogen-bond acceptors (Lipinski definition) is 5. The summed E-state index contributed by atoms with van der Waals surface area (Å²) in [5.41, 5.74) is 1.00. The molecule has 0 bridgehead atoms. The summed E-state index contributed by atoms with van der Waals surface area (Å²) in [7, 11) is 2.24. The van der Waals surface area contributed by atoms with Crippen LogP contribution in [0.3, 0.4) is 0 Å². The maximum Gasteiger partial charge on any atom is 0.218 e. The first-order valence-corrected chi connectivity index (χ1v) is 11.4. The average molecular weight is 416 g/mol. The first-order valence-electron chi connectivity index (χ1n) is 10.5. The normalized spacial score (nSPS) is 20.4. The lowest BCUT2D eigenvalue weighted by molar-refractivity contribution is 0.125. The Balaban J connectivity index is 1.66. The smallest absolute Gasteiger partial charge is 0.218 e. The first kappa shape index (κ1) is 21.6. The summed E-state index contributed by atoms with van der Waals surface area (Å²) in [4.78, 5) is 13.1. The molecule has 2 atom stereocenters. The van der Waals surface area contributed by atoms with E-state index in [-0.39, 0.29) is 0 Å². The van der Waals surface area contributed by atoms with Gasteiger partial charge in [-0.3, -0.25) is 4.90 Å². The number of ether oxygens (including phenoxy) is 1. The highest BCUT2D eigenvalue weighted by molar-refractivity contribution is 7.10. The van der Waals surface area contributed by atoms with Crippen molar-refractivity contribution in [2.45, 2.75) is 39.3 Å². The Bertz CT molecular complexity index is 764. The Kier molecular flexibility index (Phi) is 8.31. The van der Waals surface area contributed by atoms with Crippen molar-refractivity contribution in [2.24, 2.45) is 10.9 Å². The van der Waals surface area contributed by atoms with Crippen molar-refractivity contribution in [3.63, 3.8) is 0 Å². The van der Waals surface area contributed by atoms with Gasteiger partial charge in [0.2, 0.25) is 5.88 Å². The third kappa shape index (κ3) is 5.93. The van der Waals surface area contributed by atoms with Crippen LogP contribution in [-0.2, 0) is 6.54 Å². The minimum absolute atomic E-state index is 0.474. The zero-order valence-corrected chi connectivity index (χ0v) is 18.5. The van der Waals surface area contributed by atoms with Crippen molar-refractivity contribution in [2.75, 3.05) is 33.3 Å². The highest BCUT2D eigenvalue weighted by Crippen LogP contribution is 2.36. The largest absolute Gasteiger partial charge is 0.478 e. The minimum Gasteiger partial charge on any atom is -0.478 e. The van der Waals surface area contributed by atoms with Crippen LogP contribution in [-0.4, -0.2) is 49.1 Å². The van der Waals surface area contributed by atoms with E-state index in [1.54, 1.807) is 6.20 Å². The summed E-state index contributed by atoms with van der Waals surface area (Å²) in [5.74, 6) is 2.08. The molecule has 29 heavy (non-hydrogen) atoms. The van der Waals surface area contributed by atoms with Crippen LogP contribution in [0.15, 0.2) is 40.8 Å². The van der Waals surface area contributed by atoms with Gasteiger partial charge in [0.05, 0.1) is 13.2 Å². The molecule has 2 N–H and O–H groups in total. The van der Waals surface area contributed by atoms with Gasteiger partial charge in [-0.15, -0.1) is 11.3 Å². The maximum absolute atomic E-state index is 5.63. The third-order valence-electron chi connectivity index (χ3n) is 5.26. The second-order valence-corrected chi connectivity index (χ2v) is 8.30. The zero-order valence-electron chi connectivity index (χ0n) is 17.7. The number of aliphatic imine (C=N–C) groups is 1. The van der Waals surface area contributed by atoms with Crippen molar-refractivity contribution >= 4 is 17.3 Å². The van der Waals surface area contributed by atoms with Crippen LogP contribution in [0.25, 0.3) is 0 Å². The number of aromatic nitrogens is 1. The number of nitrogens with zero attached hydrogens (tertiary/aromatic N) is 3. The van der Waals surface area contributed by atoms with E-state index in [0.29, 0.717) is 31.0 Å². The molecule has 2 aromatic rings. The fraction of sp³-hybridized carbons (Fsp3) is 0.545. The Morgan fingerprint density at radius 3 is 2.97 bits per heavy atom. The standard InChI is InChI=1S/C22H33N5OS/c1-4-23-22(26-16-18-9-6-12-24-21(18)28-5-2)25-15-17-10-7-13-27(3)20(17)19-11-8-14-29-19/h6,8-9,11-12,14,17,20H,4-5,7,10,13,15-16H2,1-3H3,(H2,23,25,26). The lowest BCUT2D eigenvalue weighted by atomic mass is 9.88. The van der Waals surface area contributed by atoms with Crippen LogP contribution in [0.1, 0.15) is 43.2 Å². The van der Waals surface area contributed by atoms with E-state index >= 15 is 0 Å². The molecule has 0 aliphatic carbocycles. The van der Waals surface area contributed by atoms with Crippen molar-refractivity contribution in [3.8, 4) is 5.88 Å². The molecule has 0 saturated carbocycles. The van der Waals surface area contributed by atoms with Gasteiger partial charge in [-0.05, 0) is 63.7 Å². The molecular formula is C22H33N5OS. The molecule has 6 nitrogen and oxygen atoms in total. The quantitative estimate of drug-likeness (QED) is 0.509. The molecule has 0 amide bonds. The van der Waals surface area contributed by atoms with E-state index in [2.05, 4.69) is 52.0 Å². The molecule has 2 unspecified atom stereocenters. The van der Waals surface area contributed by atoms with Crippen molar-refractivity contribution in [1.82, 2.24) is 20.5 Å². The molecule has 1 saturated heterocycles. The Morgan fingerprint density at radius 1 is 1.31 bits per heavy atom. The van der Waals surface area contributed by atoms with Gasteiger partial charge in [-0.1, -0.05) is 12.1 Å². The molecular weight excluding hydrogens is 382 g/mol.